The van der Waals surface area contributed by atoms with Crippen molar-refractivity contribution in [2.75, 3.05) is 13.2 Å². The van der Waals surface area contributed by atoms with Gasteiger partial charge in [0.15, 0.2) is 5.78 Å². The summed E-state index contributed by atoms with van der Waals surface area (Å²) in [5.74, 6) is -1.45. The summed E-state index contributed by atoms with van der Waals surface area (Å²) in [6.45, 7) is 7.18. The molecule has 0 aliphatic heterocycles. The SMILES string of the molecule is CCOC(=O)CC(=O)c1c(C)[nH]c(C(=O)OCC)c1C. The third-order valence-electron chi connectivity index (χ3n) is 2.81. The van der Waals surface area contributed by atoms with Crippen molar-refractivity contribution >= 4 is 17.7 Å². The first-order valence-electron chi connectivity index (χ1n) is 6.47. The van der Waals surface area contributed by atoms with Crippen LogP contribution in [0.1, 0.15) is 52.4 Å². The van der Waals surface area contributed by atoms with Crippen molar-refractivity contribution < 1.29 is 23.9 Å². The van der Waals surface area contributed by atoms with Crippen molar-refractivity contribution in [3.8, 4) is 0 Å². The fraction of sp³-hybridized carbons (Fsp3) is 0.500. The number of aromatic nitrogens is 1. The van der Waals surface area contributed by atoms with Gasteiger partial charge in [-0.3, -0.25) is 9.59 Å². The Kier molecular flexibility index (Phi) is 5.49. The molecule has 0 saturated carbocycles. The first-order chi connectivity index (χ1) is 9.42. The Hall–Kier alpha value is -2.11. The summed E-state index contributed by atoms with van der Waals surface area (Å²) in [5, 5.41) is 0. The molecule has 1 aromatic heterocycles. The zero-order valence-electron chi connectivity index (χ0n) is 12.2. The van der Waals surface area contributed by atoms with Gasteiger partial charge in [-0.1, -0.05) is 0 Å². The van der Waals surface area contributed by atoms with Crippen molar-refractivity contribution in [1.29, 1.82) is 0 Å². The molecule has 0 aromatic carbocycles. The van der Waals surface area contributed by atoms with E-state index in [1.165, 1.54) is 0 Å². The Morgan fingerprint density at radius 1 is 1.05 bits per heavy atom. The molecule has 6 heteroatoms. The van der Waals surface area contributed by atoms with E-state index in [0.717, 1.165) is 0 Å². The lowest BCUT2D eigenvalue weighted by molar-refractivity contribution is -0.141. The van der Waals surface area contributed by atoms with Gasteiger partial charge in [-0.2, -0.15) is 0 Å². The smallest absolute Gasteiger partial charge is 0.355 e. The third-order valence-corrected chi connectivity index (χ3v) is 2.81. The molecule has 1 N–H and O–H groups in total. The molecule has 0 spiro atoms. The van der Waals surface area contributed by atoms with Crippen molar-refractivity contribution in [3.63, 3.8) is 0 Å². The Bertz CT molecular complexity index is 530. The summed E-state index contributed by atoms with van der Waals surface area (Å²) in [7, 11) is 0. The van der Waals surface area contributed by atoms with Crippen molar-refractivity contribution in [2.24, 2.45) is 0 Å². The highest BCUT2D eigenvalue weighted by Gasteiger charge is 2.24. The Morgan fingerprint density at radius 3 is 2.20 bits per heavy atom. The van der Waals surface area contributed by atoms with E-state index in [2.05, 4.69) is 4.98 Å². The number of aryl methyl sites for hydroxylation is 1. The van der Waals surface area contributed by atoms with E-state index in [0.29, 0.717) is 16.8 Å². The lowest BCUT2D eigenvalue weighted by Crippen LogP contribution is -2.13. The number of hydrogen-bond acceptors (Lipinski definition) is 5. The summed E-state index contributed by atoms with van der Waals surface area (Å²) in [4.78, 5) is 38.0. The van der Waals surface area contributed by atoms with Crippen LogP contribution in [0.2, 0.25) is 0 Å². The average molecular weight is 281 g/mol. The topological polar surface area (TPSA) is 85.5 Å². The van der Waals surface area contributed by atoms with Crippen LogP contribution in [0, 0.1) is 13.8 Å². The second-order valence-corrected chi connectivity index (χ2v) is 4.25. The van der Waals surface area contributed by atoms with Crippen LogP contribution in [0.4, 0.5) is 0 Å². The number of H-pyrrole nitrogens is 1. The van der Waals surface area contributed by atoms with Crippen LogP contribution in [-0.2, 0) is 14.3 Å². The van der Waals surface area contributed by atoms with Crippen LogP contribution in [0.25, 0.3) is 0 Å². The molecule has 6 nitrogen and oxygen atoms in total. The minimum atomic E-state index is -0.574. The fourth-order valence-electron chi connectivity index (χ4n) is 2.01. The van der Waals surface area contributed by atoms with Gasteiger partial charge in [0.1, 0.15) is 12.1 Å². The predicted octanol–water partition coefficient (Wildman–Crippen LogP) is 1.94. The van der Waals surface area contributed by atoms with Gasteiger partial charge < -0.3 is 14.5 Å². The molecule has 0 bridgehead atoms. The molecular formula is C14H19NO5. The molecule has 0 aliphatic carbocycles. The normalized spacial score (nSPS) is 10.2. The number of carbonyl (C=O) groups is 3. The average Bonchev–Trinajstić information content (AvgIpc) is 2.65. The standard InChI is InChI=1S/C14H19NO5/c1-5-19-11(17)7-10(16)12-8(3)13(15-9(12)4)14(18)20-6-2/h15H,5-7H2,1-4H3. The van der Waals surface area contributed by atoms with E-state index in [1.807, 2.05) is 0 Å². The largest absolute Gasteiger partial charge is 0.466 e. The number of carbonyl (C=O) groups excluding carboxylic acids is 3. The second-order valence-electron chi connectivity index (χ2n) is 4.25. The number of ketones is 1. The fourth-order valence-corrected chi connectivity index (χ4v) is 2.01. The summed E-state index contributed by atoms with van der Waals surface area (Å²) in [5.41, 5.74) is 1.63. The van der Waals surface area contributed by atoms with Gasteiger partial charge in [0, 0.05) is 11.3 Å². The molecule has 0 radical (unpaired) electrons. The molecule has 1 heterocycles. The molecule has 20 heavy (non-hydrogen) atoms. The van der Waals surface area contributed by atoms with Gasteiger partial charge in [-0.25, -0.2) is 4.79 Å². The summed E-state index contributed by atoms with van der Waals surface area (Å²) < 4.78 is 9.65. The van der Waals surface area contributed by atoms with Crippen molar-refractivity contribution in [1.82, 2.24) is 4.98 Å². The molecule has 0 amide bonds. The van der Waals surface area contributed by atoms with Crippen LogP contribution in [0.15, 0.2) is 0 Å². The van der Waals surface area contributed by atoms with Crippen molar-refractivity contribution in [3.05, 3.63) is 22.5 Å². The molecule has 0 unspecified atom stereocenters. The Labute approximate surface area is 117 Å². The summed E-state index contributed by atoms with van der Waals surface area (Å²) in [6.07, 6.45) is -0.338. The monoisotopic (exact) mass is 281 g/mol. The van der Waals surface area contributed by atoms with Crippen LogP contribution in [-0.4, -0.2) is 35.9 Å². The number of ether oxygens (including phenoxy) is 2. The minimum Gasteiger partial charge on any atom is -0.466 e. The van der Waals surface area contributed by atoms with E-state index in [9.17, 15) is 14.4 Å². The lowest BCUT2D eigenvalue weighted by atomic mass is 10.0. The number of esters is 2. The van der Waals surface area contributed by atoms with Gasteiger partial charge in [0.05, 0.1) is 13.2 Å². The maximum absolute atomic E-state index is 12.1. The summed E-state index contributed by atoms with van der Waals surface area (Å²) in [6, 6.07) is 0. The predicted molar refractivity (Wildman–Crippen MR) is 71.8 cm³/mol. The molecule has 0 saturated heterocycles. The second kappa shape index (κ2) is 6.88. The van der Waals surface area contributed by atoms with Gasteiger partial charge in [0.2, 0.25) is 0 Å². The molecule has 1 aromatic rings. The van der Waals surface area contributed by atoms with Gasteiger partial charge >= 0.3 is 11.9 Å². The van der Waals surface area contributed by atoms with Crippen LogP contribution < -0.4 is 0 Å². The maximum atomic E-state index is 12.1. The maximum Gasteiger partial charge on any atom is 0.355 e. The number of nitrogens with one attached hydrogen (secondary N) is 1. The zero-order valence-corrected chi connectivity index (χ0v) is 12.2. The number of hydrogen-bond donors (Lipinski definition) is 1. The van der Waals surface area contributed by atoms with E-state index < -0.39 is 11.9 Å². The number of rotatable bonds is 6. The number of Topliss-reactive ketones (excluding diaryl/α,β-unsaturated/α-hetero) is 1. The molecule has 0 atom stereocenters. The Morgan fingerprint density at radius 2 is 1.65 bits per heavy atom. The first-order valence-corrected chi connectivity index (χ1v) is 6.47. The third kappa shape index (κ3) is 3.46. The minimum absolute atomic E-state index is 0.227. The molecule has 1 rings (SSSR count). The highest BCUT2D eigenvalue weighted by Crippen LogP contribution is 2.20. The lowest BCUT2D eigenvalue weighted by Gasteiger charge is -2.03. The quantitative estimate of drug-likeness (QED) is 0.489. The molecular weight excluding hydrogens is 262 g/mol. The van der Waals surface area contributed by atoms with Crippen LogP contribution >= 0.6 is 0 Å². The number of aromatic amines is 1. The van der Waals surface area contributed by atoms with E-state index >= 15 is 0 Å². The van der Waals surface area contributed by atoms with Gasteiger partial charge in [0.25, 0.3) is 0 Å². The summed E-state index contributed by atoms with van der Waals surface area (Å²) >= 11 is 0. The zero-order chi connectivity index (χ0) is 15.3. The highest BCUT2D eigenvalue weighted by atomic mass is 16.5. The van der Waals surface area contributed by atoms with E-state index in [1.54, 1.807) is 27.7 Å². The molecule has 0 aliphatic rings. The van der Waals surface area contributed by atoms with Crippen LogP contribution in [0.3, 0.4) is 0 Å². The van der Waals surface area contributed by atoms with E-state index in [4.69, 9.17) is 9.47 Å². The molecule has 110 valence electrons. The van der Waals surface area contributed by atoms with Gasteiger partial charge in [-0.05, 0) is 33.3 Å². The van der Waals surface area contributed by atoms with Crippen LogP contribution in [0.5, 0.6) is 0 Å². The molecule has 0 fully saturated rings. The van der Waals surface area contributed by atoms with Crippen molar-refractivity contribution in [2.45, 2.75) is 34.1 Å². The Balaban J connectivity index is 2.99. The highest BCUT2D eigenvalue weighted by molar-refractivity contribution is 6.09. The van der Waals surface area contributed by atoms with E-state index in [-0.39, 0.29) is 31.1 Å². The van der Waals surface area contributed by atoms with Gasteiger partial charge in [-0.15, -0.1) is 0 Å². The first kappa shape index (κ1) is 15.9.